The second-order valence-electron chi connectivity index (χ2n) is 6.48. The number of fused-ring (bicyclic) bond motifs is 1. The number of hydrogen-bond acceptors (Lipinski definition) is 5. The second-order valence-corrected chi connectivity index (χ2v) is 7.58. The Labute approximate surface area is 155 Å². The van der Waals surface area contributed by atoms with Crippen molar-refractivity contribution in [2.45, 2.75) is 26.2 Å². The normalized spacial score (nSPS) is 15.9. The Morgan fingerprint density at radius 1 is 1.38 bits per heavy atom. The maximum Gasteiger partial charge on any atom is 0.278 e. The average Bonchev–Trinajstić information content (AvgIpc) is 3.26. The van der Waals surface area contributed by atoms with Crippen molar-refractivity contribution in [1.29, 1.82) is 5.26 Å². The lowest BCUT2D eigenvalue weighted by Crippen LogP contribution is -2.13. The lowest BCUT2D eigenvalue weighted by molar-refractivity contribution is 0.102. The van der Waals surface area contributed by atoms with Crippen LogP contribution in [0.4, 0.5) is 5.00 Å². The van der Waals surface area contributed by atoms with E-state index in [1.807, 2.05) is 30.3 Å². The summed E-state index contributed by atoms with van der Waals surface area (Å²) in [6, 6.07) is 11.7. The number of aromatic nitrogens is 3. The van der Waals surface area contributed by atoms with Gasteiger partial charge < -0.3 is 5.32 Å². The summed E-state index contributed by atoms with van der Waals surface area (Å²) < 4.78 is 0. The summed E-state index contributed by atoms with van der Waals surface area (Å²) >= 11 is 1.51. The molecule has 7 heteroatoms. The molecule has 26 heavy (non-hydrogen) atoms. The third-order valence-corrected chi connectivity index (χ3v) is 5.73. The summed E-state index contributed by atoms with van der Waals surface area (Å²) in [4.78, 5) is 15.2. The van der Waals surface area contributed by atoms with Gasteiger partial charge in [-0.05, 0) is 42.9 Å². The molecule has 0 bridgehead atoms. The van der Waals surface area contributed by atoms with Crippen LogP contribution in [0.25, 0.3) is 5.69 Å². The highest BCUT2D eigenvalue weighted by atomic mass is 32.1. The molecule has 2 heterocycles. The number of para-hydroxylation sites is 1. The molecular weight excluding hydrogens is 346 g/mol. The number of thiophene rings is 1. The highest BCUT2D eigenvalue weighted by Gasteiger charge is 2.25. The predicted octanol–water partition coefficient (Wildman–Crippen LogP) is 3.58. The molecule has 1 aromatic carbocycles. The van der Waals surface area contributed by atoms with Crippen LogP contribution in [0, 0.1) is 17.2 Å². The van der Waals surface area contributed by atoms with Crippen molar-refractivity contribution in [2.75, 3.05) is 5.32 Å². The number of anilines is 1. The number of carbonyl (C=O) groups is 1. The Kier molecular flexibility index (Phi) is 4.27. The zero-order valence-corrected chi connectivity index (χ0v) is 15.1. The van der Waals surface area contributed by atoms with Gasteiger partial charge in [-0.15, -0.1) is 16.4 Å². The molecule has 1 amide bonds. The van der Waals surface area contributed by atoms with Gasteiger partial charge in [-0.1, -0.05) is 25.1 Å². The standard InChI is InChI=1S/C19H17N5OS/c1-12-7-8-14-15(10-20)19(26-17(14)9-12)22-18(25)16-11-21-24(23-16)13-5-3-2-4-6-13/h2-6,11-12H,7-9H2,1H3,(H,22,25)/t12-/m1/s1. The van der Waals surface area contributed by atoms with Gasteiger partial charge in [0.1, 0.15) is 11.1 Å². The lowest BCUT2D eigenvalue weighted by Gasteiger charge is -2.17. The van der Waals surface area contributed by atoms with E-state index in [2.05, 4.69) is 28.5 Å². The van der Waals surface area contributed by atoms with Gasteiger partial charge in [0.15, 0.2) is 5.69 Å². The summed E-state index contributed by atoms with van der Waals surface area (Å²) in [5.74, 6) is 0.261. The number of amides is 1. The number of hydrogen-bond donors (Lipinski definition) is 1. The van der Waals surface area contributed by atoms with Crippen LogP contribution in [-0.2, 0) is 12.8 Å². The molecule has 6 nitrogen and oxygen atoms in total. The smallest absolute Gasteiger partial charge is 0.278 e. The first-order valence-electron chi connectivity index (χ1n) is 8.49. The van der Waals surface area contributed by atoms with Gasteiger partial charge in [-0.2, -0.15) is 15.2 Å². The van der Waals surface area contributed by atoms with E-state index in [9.17, 15) is 10.1 Å². The van der Waals surface area contributed by atoms with Crippen LogP contribution < -0.4 is 5.32 Å². The maximum absolute atomic E-state index is 12.6. The maximum atomic E-state index is 12.6. The quantitative estimate of drug-likeness (QED) is 0.771. The third kappa shape index (κ3) is 3.00. The van der Waals surface area contributed by atoms with E-state index in [1.165, 1.54) is 27.2 Å². The summed E-state index contributed by atoms with van der Waals surface area (Å²) in [5.41, 5.74) is 2.70. The third-order valence-electron chi connectivity index (χ3n) is 4.56. The Morgan fingerprint density at radius 2 is 2.19 bits per heavy atom. The Hall–Kier alpha value is -2.98. The SMILES string of the molecule is C[C@@H]1CCc2c(sc(NC(=O)c3cnn(-c4ccccc4)n3)c2C#N)C1. The Bertz CT molecular complexity index is 999. The largest absolute Gasteiger partial charge is 0.311 e. The van der Waals surface area contributed by atoms with Gasteiger partial charge in [0.2, 0.25) is 0 Å². The van der Waals surface area contributed by atoms with Crippen molar-refractivity contribution in [2.24, 2.45) is 5.92 Å². The number of benzene rings is 1. The molecule has 0 saturated heterocycles. The molecule has 4 rings (SSSR count). The molecule has 0 saturated carbocycles. The van der Waals surface area contributed by atoms with Crippen LogP contribution in [0.3, 0.4) is 0 Å². The number of nitrogens with one attached hydrogen (secondary N) is 1. The van der Waals surface area contributed by atoms with E-state index in [-0.39, 0.29) is 11.6 Å². The summed E-state index contributed by atoms with van der Waals surface area (Å²) in [7, 11) is 0. The molecular formula is C19H17N5OS. The monoisotopic (exact) mass is 363 g/mol. The zero-order valence-electron chi connectivity index (χ0n) is 14.3. The van der Waals surface area contributed by atoms with E-state index < -0.39 is 0 Å². The second kappa shape index (κ2) is 6.73. The van der Waals surface area contributed by atoms with Gasteiger partial charge >= 0.3 is 0 Å². The summed E-state index contributed by atoms with van der Waals surface area (Å²) in [6.07, 6.45) is 4.38. The first kappa shape index (κ1) is 16.5. The molecule has 2 aromatic heterocycles. The fourth-order valence-corrected chi connectivity index (χ4v) is 4.53. The minimum Gasteiger partial charge on any atom is -0.311 e. The Balaban J connectivity index is 1.58. The molecule has 0 spiro atoms. The fraction of sp³-hybridized carbons (Fsp3) is 0.263. The lowest BCUT2D eigenvalue weighted by atomic mass is 9.89. The van der Waals surface area contributed by atoms with Crippen LogP contribution >= 0.6 is 11.3 Å². The Morgan fingerprint density at radius 3 is 2.96 bits per heavy atom. The number of rotatable bonds is 3. The van der Waals surface area contributed by atoms with Gasteiger partial charge in [-0.25, -0.2) is 0 Å². The minimum absolute atomic E-state index is 0.220. The van der Waals surface area contributed by atoms with Crippen molar-refractivity contribution < 1.29 is 4.79 Å². The molecule has 0 radical (unpaired) electrons. The highest BCUT2D eigenvalue weighted by molar-refractivity contribution is 7.16. The molecule has 0 fully saturated rings. The molecule has 0 unspecified atom stereocenters. The van der Waals surface area contributed by atoms with Gasteiger partial charge in [-0.3, -0.25) is 4.79 Å². The van der Waals surface area contributed by atoms with Gasteiger partial charge in [0.05, 0.1) is 17.4 Å². The van der Waals surface area contributed by atoms with E-state index >= 15 is 0 Å². The highest BCUT2D eigenvalue weighted by Crippen LogP contribution is 2.39. The predicted molar refractivity (Wildman–Crippen MR) is 99.5 cm³/mol. The molecule has 0 aliphatic heterocycles. The summed E-state index contributed by atoms with van der Waals surface area (Å²) in [6.45, 7) is 2.22. The van der Waals surface area contributed by atoms with Crippen LogP contribution in [-0.4, -0.2) is 20.9 Å². The van der Waals surface area contributed by atoms with Crippen molar-refractivity contribution >= 4 is 22.2 Å². The van der Waals surface area contributed by atoms with Gasteiger partial charge in [0.25, 0.3) is 5.91 Å². The van der Waals surface area contributed by atoms with Crippen molar-refractivity contribution in [3.05, 3.63) is 58.2 Å². The zero-order chi connectivity index (χ0) is 18.1. The van der Waals surface area contributed by atoms with Crippen molar-refractivity contribution in [3.8, 4) is 11.8 Å². The van der Waals surface area contributed by atoms with E-state index in [1.54, 1.807) is 0 Å². The fourth-order valence-electron chi connectivity index (χ4n) is 3.18. The van der Waals surface area contributed by atoms with Gasteiger partial charge in [0, 0.05) is 4.88 Å². The molecule has 3 aromatic rings. The van der Waals surface area contributed by atoms with Crippen molar-refractivity contribution in [3.63, 3.8) is 0 Å². The molecule has 1 aliphatic carbocycles. The molecule has 1 aliphatic rings. The average molecular weight is 363 g/mol. The van der Waals surface area contributed by atoms with E-state index in [0.717, 1.165) is 30.5 Å². The first-order valence-corrected chi connectivity index (χ1v) is 9.31. The molecule has 130 valence electrons. The number of nitriles is 1. The van der Waals surface area contributed by atoms with Crippen LogP contribution in [0.5, 0.6) is 0 Å². The van der Waals surface area contributed by atoms with E-state index in [4.69, 9.17) is 0 Å². The number of carbonyl (C=O) groups excluding carboxylic acids is 1. The number of nitrogens with zero attached hydrogens (tertiary/aromatic N) is 4. The van der Waals surface area contributed by atoms with Crippen LogP contribution in [0.2, 0.25) is 0 Å². The van der Waals surface area contributed by atoms with Crippen molar-refractivity contribution in [1.82, 2.24) is 15.0 Å². The van der Waals surface area contributed by atoms with Crippen LogP contribution in [0.1, 0.15) is 39.8 Å². The molecule has 1 atom stereocenters. The summed E-state index contributed by atoms with van der Waals surface area (Å²) in [5, 5.41) is 21.4. The van der Waals surface area contributed by atoms with E-state index in [0.29, 0.717) is 16.5 Å². The topological polar surface area (TPSA) is 83.6 Å². The van der Waals surface area contributed by atoms with Crippen LogP contribution in [0.15, 0.2) is 36.5 Å². The minimum atomic E-state index is -0.352. The first-order chi connectivity index (χ1) is 12.7. The molecule has 1 N–H and O–H groups in total.